The molecule has 0 fully saturated rings. The zero-order valence-corrected chi connectivity index (χ0v) is 17.8. The van der Waals surface area contributed by atoms with Crippen LogP contribution in [-0.2, 0) is 31.0 Å². The van der Waals surface area contributed by atoms with Crippen molar-refractivity contribution in [1.82, 2.24) is 19.3 Å². The van der Waals surface area contributed by atoms with Gasteiger partial charge in [-0.3, -0.25) is 4.79 Å². The Balaban J connectivity index is 1.66. The number of aryl methyl sites for hydroxylation is 1. The molecule has 0 saturated carbocycles. The smallest absolute Gasteiger partial charge is 0.354 e. The highest BCUT2D eigenvalue weighted by atomic mass is 35.5. The van der Waals surface area contributed by atoms with E-state index in [0.29, 0.717) is 18.1 Å². The van der Waals surface area contributed by atoms with E-state index < -0.39 is 17.6 Å². The van der Waals surface area contributed by atoms with Gasteiger partial charge in [0.1, 0.15) is 5.82 Å². The number of carbonyl (C=O) groups excluding carboxylic acids is 1. The van der Waals surface area contributed by atoms with Crippen LogP contribution in [0.4, 0.5) is 18.9 Å². The molecule has 0 bridgehead atoms. The minimum absolute atomic E-state index is 0.0305. The second-order valence-corrected chi connectivity index (χ2v) is 7.81. The Labute approximate surface area is 180 Å². The quantitative estimate of drug-likeness (QED) is 0.525. The maximum Gasteiger partial charge on any atom is 0.416 e. The SMILES string of the molecule is CCn1c(Cc2cccn2C)nnc1SCC(=O)Nc1cc(C(F)(F)F)ccc1Cl. The summed E-state index contributed by atoms with van der Waals surface area (Å²) in [6.45, 7) is 2.57. The molecule has 6 nitrogen and oxygen atoms in total. The van der Waals surface area contributed by atoms with E-state index in [-0.39, 0.29) is 16.5 Å². The lowest BCUT2D eigenvalue weighted by Crippen LogP contribution is -2.16. The second-order valence-electron chi connectivity index (χ2n) is 6.46. The summed E-state index contributed by atoms with van der Waals surface area (Å²) in [6, 6.07) is 6.73. The van der Waals surface area contributed by atoms with Crippen molar-refractivity contribution < 1.29 is 18.0 Å². The zero-order valence-electron chi connectivity index (χ0n) is 16.2. The van der Waals surface area contributed by atoms with Gasteiger partial charge >= 0.3 is 6.18 Å². The highest BCUT2D eigenvalue weighted by Gasteiger charge is 2.31. The monoisotopic (exact) mass is 457 g/mol. The van der Waals surface area contributed by atoms with E-state index in [2.05, 4.69) is 15.5 Å². The van der Waals surface area contributed by atoms with Gasteiger partial charge in [-0.25, -0.2) is 0 Å². The van der Waals surface area contributed by atoms with Gasteiger partial charge < -0.3 is 14.5 Å². The number of carbonyl (C=O) groups is 1. The Hall–Kier alpha value is -2.46. The number of aromatic nitrogens is 4. The number of hydrogen-bond acceptors (Lipinski definition) is 4. The van der Waals surface area contributed by atoms with Crippen molar-refractivity contribution >= 4 is 35.0 Å². The van der Waals surface area contributed by atoms with Gasteiger partial charge in [-0.1, -0.05) is 23.4 Å². The van der Waals surface area contributed by atoms with E-state index in [9.17, 15) is 18.0 Å². The van der Waals surface area contributed by atoms with Gasteiger partial charge in [0.15, 0.2) is 5.16 Å². The summed E-state index contributed by atoms with van der Waals surface area (Å²) in [7, 11) is 1.95. The maximum absolute atomic E-state index is 12.9. The second kappa shape index (κ2) is 9.13. The van der Waals surface area contributed by atoms with Crippen LogP contribution in [0.3, 0.4) is 0 Å². The standard InChI is InChI=1S/C19H19ClF3N5OS/c1-3-28-16(10-13-5-4-8-27(13)2)25-26-18(28)30-11-17(29)24-15-9-12(19(21,22)23)6-7-14(15)20/h4-9H,3,10-11H2,1-2H3,(H,24,29). The average Bonchev–Trinajstić information content (AvgIpc) is 3.27. The normalized spacial score (nSPS) is 11.7. The summed E-state index contributed by atoms with van der Waals surface area (Å²) in [6.07, 6.45) is -1.98. The van der Waals surface area contributed by atoms with Crippen LogP contribution in [0.5, 0.6) is 0 Å². The molecular weight excluding hydrogens is 439 g/mol. The van der Waals surface area contributed by atoms with E-state index in [1.165, 1.54) is 0 Å². The van der Waals surface area contributed by atoms with Gasteiger partial charge in [-0.15, -0.1) is 10.2 Å². The molecule has 0 atom stereocenters. The van der Waals surface area contributed by atoms with E-state index in [1.807, 2.05) is 41.4 Å². The molecular formula is C19H19ClF3N5OS. The Morgan fingerprint density at radius 1 is 1.27 bits per heavy atom. The molecule has 2 heterocycles. The molecule has 3 aromatic rings. The third-order valence-electron chi connectivity index (χ3n) is 4.40. The molecule has 0 spiro atoms. The predicted octanol–water partition coefficient (Wildman–Crippen LogP) is 4.63. The highest BCUT2D eigenvalue weighted by Crippen LogP contribution is 2.34. The average molecular weight is 458 g/mol. The zero-order chi connectivity index (χ0) is 21.9. The van der Waals surface area contributed by atoms with Gasteiger partial charge in [0.05, 0.1) is 22.0 Å². The summed E-state index contributed by atoms with van der Waals surface area (Å²) in [5, 5.41) is 11.4. The maximum atomic E-state index is 12.9. The molecule has 0 aliphatic carbocycles. The first-order valence-electron chi connectivity index (χ1n) is 9.00. The number of anilines is 1. The van der Waals surface area contributed by atoms with E-state index in [4.69, 9.17) is 11.6 Å². The van der Waals surface area contributed by atoms with Crippen molar-refractivity contribution in [3.63, 3.8) is 0 Å². The van der Waals surface area contributed by atoms with E-state index in [0.717, 1.165) is 41.5 Å². The van der Waals surface area contributed by atoms with Crippen molar-refractivity contribution in [2.24, 2.45) is 7.05 Å². The molecule has 2 aromatic heterocycles. The van der Waals surface area contributed by atoms with Crippen LogP contribution in [0.2, 0.25) is 5.02 Å². The van der Waals surface area contributed by atoms with Crippen molar-refractivity contribution in [3.05, 3.63) is 58.6 Å². The number of halogens is 4. The molecule has 30 heavy (non-hydrogen) atoms. The number of thioether (sulfide) groups is 1. The summed E-state index contributed by atoms with van der Waals surface area (Å²) < 4.78 is 42.5. The fourth-order valence-electron chi connectivity index (χ4n) is 2.83. The third kappa shape index (κ3) is 5.17. The van der Waals surface area contributed by atoms with E-state index >= 15 is 0 Å². The van der Waals surface area contributed by atoms with Crippen LogP contribution < -0.4 is 5.32 Å². The highest BCUT2D eigenvalue weighted by molar-refractivity contribution is 7.99. The summed E-state index contributed by atoms with van der Waals surface area (Å²) >= 11 is 7.08. The lowest BCUT2D eigenvalue weighted by Gasteiger charge is -2.12. The number of nitrogens with zero attached hydrogens (tertiary/aromatic N) is 4. The van der Waals surface area contributed by atoms with Gasteiger partial charge in [0.2, 0.25) is 5.91 Å². The summed E-state index contributed by atoms with van der Waals surface area (Å²) in [5.41, 5.74) is 0.106. The molecule has 1 amide bonds. The Morgan fingerprint density at radius 3 is 2.67 bits per heavy atom. The number of hydrogen-bond donors (Lipinski definition) is 1. The van der Waals surface area contributed by atoms with Gasteiger partial charge in [-0.2, -0.15) is 13.2 Å². The number of nitrogens with one attached hydrogen (secondary N) is 1. The summed E-state index contributed by atoms with van der Waals surface area (Å²) in [4.78, 5) is 12.3. The van der Waals surface area contributed by atoms with Gasteiger partial charge in [0.25, 0.3) is 0 Å². The molecule has 0 aliphatic heterocycles. The van der Waals surface area contributed by atoms with Crippen LogP contribution in [0.1, 0.15) is 24.0 Å². The minimum Gasteiger partial charge on any atom is -0.354 e. The van der Waals surface area contributed by atoms with Crippen LogP contribution in [0.15, 0.2) is 41.7 Å². The van der Waals surface area contributed by atoms with Gasteiger partial charge in [0, 0.05) is 31.9 Å². The Kier molecular flexibility index (Phi) is 6.77. The largest absolute Gasteiger partial charge is 0.416 e. The van der Waals surface area contributed by atoms with Crippen molar-refractivity contribution in [2.45, 2.75) is 31.2 Å². The molecule has 1 aromatic carbocycles. The third-order valence-corrected chi connectivity index (χ3v) is 5.70. The van der Waals surface area contributed by atoms with Crippen molar-refractivity contribution in [2.75, 3.05) is 11.1 Å². The van der Waals surface area contributed by atoms with Crippen molar-refractivity contribution in [1.29, 1.82) is 0 Å². The minimum atomic E-state index is -4.52. The van der Waals surface area contributed by atoms with Crippen LogP contribution in [0, 0.1) is 0 Å². The lowest BCUT2D eigenvalue weighted by atomic mass is 10.2. The first kappa shape index (κ1) is 22.2. The predicted molar refractivity (Wildman–Crippen MR) is 110 cm³/mol. The van der Waals surface area contributed by atoms with E-state index in [1.54, 1.807) is 0 Å². The van der Waals surface area contributed by atoms with Crippen LogP contribution >= 0.6 is 23.4 Å². The molecule has 3 rings (SSSR count). The first-order chi connectivity index (χ1) is 14.2. The lowest BCUT2D eigenvalue weighted by molar-refractivity contribution is -0.137. The first-order valence-corrected chi connectivity index (χ1v) is 10.4. The molecule has 0 unspecified atom stereocenters. The van der Waals surface area contributed by atoms with Crippen LogP contribution in [0.25, 0.3) is 0 Å². The molecule has 1 N–H and O–H groups in total. The Bertz CT molecular complexity index is 1050. The van der Waals surface area contributed by atoms with Crippen LogP contribution in [-0.4, -0.2) is 31.0 Å². The topological polar surface area (TPSA) is 64.7 Å². The number of benzene rings is 1. The molecule has 160 valence electrons. The number of alkyl halides is 3. The van der Waals surface area contributed by atoms with Crippen molar-refractivity contribution in [3.8, 4) is 0 Å². The molecule has 0 radical (unpaired) electrons. The molecule has 0 saturated heterocycles. The van der Waals surface area contributed by atoms with Gasteiger partial charge in [-0.05, 0) is 37.3 Å². The number of rotatable bonds is 7. The fraction of sp³-hybridized carbons (Fsp3) is 0.316. The fourth-order valence-corrected chi connectivity index (χ4v) is 3.82. The molecule has 11 heteroatoms. The summed E-state index contributed by atoms with van der Waals surface area (Å²) in [5.74, 6) is 0.230. The Morgan fingerprint density at radius 2 is 2.03 bits per heavy atom. The molecule has 0 aliphatic rings. The number of amides is 1.